The second-order valence-corrected chi connectivity index (χ2v) is 7.75. The van der Waals surface area contributed by atoms with E-state index in [-0.39, 0.29) is 24.2 Å². The van der Waals surface area contributed by atoms with Crippen LogP contribution in [0.25, 0.3) is 11.4 Å². The molecule has 6 nitrogen and oxygen atoms in total. The molecule has 1 fully saturated rings. The molecule has 1 N–H and O–H groups in total. The fourth-order valence-corrected chi connectivity index (χ4v) is 3.85. The number of carbonyl (C=O) groups is 1. The third-order valence-electron chi connectivity index (χ3n) is 5.55. The van der Waals surface area contributed by atoms with Crippen LogP contribution in [0, 0.1) is 5.82 Å². The summed E-state index contributed by atoms with van der Waals surface area (Å²) in [7, 11) is 1.96. The molecule has 4 rings (SSSR count). The van der Waals surface area contributed by atoms with Crippen LogP contribution < -0.4 is 5.32 Å². The van der Waals surface area contributed by atoms with Gasteiger partial charge >= 0.3 is 0 Å². The molecule has 7 heteroatoms. The molecule has 3 heterocycles. The summed E-state index contributed by atoms with van der Waals surface area (Å²) in [6, 6.07) is 14.5. The monoisotopic (exact) mass is 407 g/mol. The van der Waals surface area contributed by atoms with Gasteiger partial charge in [-0.15, -0.1) is 0 Å². The number of halogens is 1. The number of carbonyl (C=O) groups excluding carboxylic acids is 1. The molecule has 0 saturated carbocycles. The number of benzene rings is 1. The Bertz CT molecular complexity index is 996. The van der Waals surface area contributed by atoms with Crippen LogP contribution in [-0.2, 0) is 24.8 Å². The number of aromatic nitrogens is 3. The zero-order chi connectivity index (χ0) is 20.9. The number of amides is 1. The molecule has 30 heavy (non-hydrogen) atoms. The SMILES string of the molecule is Cn1nc(-c2ccccn2)cc1CN1CCC(NC(=O)Cc2ccccc2F)CC1. The molecule has 0 aliphatic carbocycles. The summed E-state index contributed by atoms with van der Waals surface area (Å²) in [6.07, 6.45) is 3.62. The normalized spacial score (nSPS) is 15.3. The van der Waals surface area contributed by atoms with E-state index < -0.39 is 0 Å². The smallest absolute Gasteiger partial charge is 0.224 e. The van der Waals surface area contributed by atoms with Crippen LogP contribution in [0.2, 0.25) is 0 Å². The third kappa shape index (κ3) is 4.91. The Labute approximate surface area is 175 Å². The van der Waals surface area contributed by atoms with Crippen molar-refractivity contribution in [2.75, 3.05) is 13.1 Å². The summed E-state index contributed by atoms with van der Waals surface area (Å²) in [5.74, 6) is -0.450. The highest BCUT2D eigenvalue weighted by molar-refractivity contribution is 5.78. The van der Waals surface area contributed by atoms with Gasteiger partial charge < -0.3 is 5.32 Å². The highest BCUT2D eigenvalue weighted by Gasteiger charge is 2.22. The maximum atomic E-state index is 13.7. The Morgan fingerprint density at radius 3 is 2.63 bits per heavy atom. The van der Waals surface area contributed by atoms with Crippen LogP contribution in [0.1, 0.15) is 24.1 Å². The lowest BCUT2D eigenvalue weighted by atomic mass is 10.0. The van der Waals surface area contributed by atoms with Gasteiger partial charge in [0.15, 0.2) is 0 Å². The van der Waals surface area contributed by atoms with E-state index in [4.69, 9.17) is 0 Å². The molecule has 1 aromatic carbocycles. The van der Waals surface area contributed by atoms with Gasteiger partial charge in [-0.2, -0.15) is 5.10 Å². The lowest BCUT2D eigenvalue weighted by Gasteiger charge is -2.32. The van der Waals surface area contributed by atoms with Gasteiger partial charge in [0.1, 0.15) is 11.5 Å². The summed E-state index contributed by atoms with van der Waals surface area (Å²) < 4.78 is 15.6. The summed E-state index contributed by atoms with van der Waals surface area (Å²) >= 11 is 0. The molecule has 1 aliphatic heterocycles. The lowest BCUT2D eigenvalue weighted by molar-refractivity contribution is -0.121. The Balaban J connectivity index is 1.27. The van der Waals surface area contributed by atoms with Crippen LogP contribution in [0.15, 0.2) is 54.7 Å². The average Bonchev–Trinajstić information content (AvgIpc) is 3.12. The molecule has 0 unspecified atom stereocenters. The molecular formula is C23H26FN5O. The van der Waals surface area contributed by atoms with E-state index in [0.717, 1.165) is 49.6 Å². The van der Waals surface area contributed by atoms with Gasteiger partial charge in [-0.1, -0.05) is 24.3 Å². The quantitative estimate of drug-likeness (QED) is 0.683. The molecule has 0 spiro atoms. The zero-order valence-corrected chi connectivity index (χ0v) is 17.1. The highest BCUT2D eigenvalue weighted by atomic mass is 19.1. The van der Waals surface area contributed by atoms with E-state index in [1.165, 1.54) is 6.07 Å². The van der Waals surface area contributed by atoms with Gasteiger partial charge in [0.05, 0.1) is 17.8 Å². The summed E-state index contributed by atoms with van der Waals surface area (Å²) in [4.78, 5) is 19.0. The van der Waals surface area contributed by atoms with E-state index >= 15 is 0 Å². The molecule has 1 saturated heterocycles. The van der Waals surface area contributed by atoms with E-state index in [2.05, 4.69) is 26.4 Å². The van der Waals surface area contributed by atoms with E-state index in [9.17, 15) is 9.18 Å². The number of likely N-dealkylation sites (tertiary alicyclic amines) is 1. The van der Waals surface area contributed by atoms with E-state index in [0.29, 0.717) is 5.56 Å². The van der Waals surface area contributed by atoms with Crippen LogP contribution in [-0.4, -0.2) is 44.7 Å². The van der Waals surface area contributed by atoms with Crippen molar-refractivity contribution >= 4 is 5.91 Å². The Kier molecular flexibility index (Phi) is 6.18. The minimum Gasteiger partial charge on any atom is -0.353 e. The first-order valence-electron chi connectivity index (χ1n) is 10.3. The van der Waals surface area contributed by atoms with Gasteiger partial charge in [-0.3, -0.25) is 19.4 Å². The maximum Gasteiger partial charge on any atom is 0.224 e. The number of pyridine rings is 1. The van der Waals surface area contributed by atoms with Crippen molar-refractivity contribution in [3.05, 3.63) is 71.8 Å². The minimum atomic E-state index is -0.330. The topological polar surface area (TPSA) is 63.1 Å². The minimum absolute atomic E-state index is 0.0816. The second-order valence-electron chi connectivity index (χ2n) is 7.75. The number of hydrogen-bond donors (Lipinski definition) is 1. The Morgan fingerprint density at radius 2 is 1.90 bits per heavy atom. The van der Waals surface area contributed by atoms with Crippen LogP contribution >= 0.6 is 0 Å². The predicted molar refractivity (Wildman–Crippen MR) is 113 cm³/mol. The number of nitrogens with one attached hydrogen (secondary N) is 1. The number of aryl methyl sites for hydroxylation is 1. The predicted octanol–water partition coefficient (Wildman–Crippen LogP) is 2.94. The van der Waals surface area contributed by atoms with Crippen molar-refractivity contribution in [1.29, 1.82) is 0 Å². The molecule has 156 valence electrons. The molecule has 1 aliphatic rings. The maximum absolute atomic E-state index is 13.7. The zero-order valence-electron chi connectivity index (χ0n) is 17.1. The van der Waals surface area contributed by atoms with Crippen LogP contribution in [0.5, 0.6) is 0 Å². The first kappa shape index (κ1) is 20.2. The largest absolute Gasteiger partial charge is 0.353 e. The highest BCUT2D eigenvalue weighted by Crippen LogP contribution is 2.19. The molecule has 3 aromatic rings. The number of rotatable bonds is 6. The number of piperidine rings is 1. The fraction of sp³-hybridized carbons (Fsp3) is 0.348. The summed E-state index contributed by atoms with van der Waals surface area (Å²) in [5, 5.41) is 7.65. The summed E-state index contributed by atoms with van der Waals surface area (Å²) in [5.41, 5.74) is 3.32. The van der Waals surface area contributed by atoms with Gasteiger partial charge in [-0.05, 0) is 42.7 Å². The number of nitrogens with zero attached hydrogens (tertiary/aromatic N) is 4. The van der Waals surface area contributed by atoms with Crippen molar-refractivity contribution in [2.45, 2.75) is 31.8 Å². The Morgan fingerprint density at radius 1 is 1.13 bits per heavy atom. The fourth-order valence-electron chi connectivity index (χ4n) is 3.85. The first-order valence-corrected chi connectivity index (χ1v) is 10.3. The van der Waals surface area contributed by atoms with Crippen LogP contribution in [0.4, 0.5) is 4.39 Å². The van der Waals surface area contributed by atoms with Crippen LogP contribution in [0.3, 0.4) is 0 Å². The molecule has 1 amide bonds. The van der Waals surface area contributed by atoms with Crippen molar-refractivity contribution in [3.63, 3.8) is 0 Å². The molecule has 0 radical (unpaired) electrons. The number of hydrogen-bond acceptors (Lipinski definition) is 4. The standard InChI is InChI=1S/C23H26FN5O/c1-28-19(15-22(27-28)21-8-4-5-11-25-21)16-29-12-9-18(10-13-29)26-23(30)14-17-6-2-3-7-20(17)24/h2-8,11,15,18H,9-10,12-14,16H2,1H3,(H,26,30). The van der Waals surface area contributed by atoms with E-state index in [1.807, 2.05) is 29.9 Å². The summed E-state index contributed by atoms with van der Waals surface area (Å²) in [6.45, 7) is 2.61. The van der Waals surface area contributed by atoms with Crippen molar-refractivity contribution in [3.8, 4) is 11.4 Å². The molecule has 2 aromatic heterocycles. The third-order valence-corrected chi connectivity index (χ3v) is 5.55. The first-order chi connectivity index (χ1) is 14.6. The van der Waals surface area contributed by atoms with Gasteiger partial charge in [-0.25, -0.2) is 4.39 Å². The van der Waals surface area contributed by atoms with Gasteiger partial charge in [0.2, 0.25) is 5.91 Å². The van der Waals surface area contributed by atoms with Crippen molar-refractivity contribution in [2.24, 2.45) is 7.05 Å². The average molecular weight is 407 g/mol. The Hall–Kier alpha value is -3.06. The van der Waals surface area contributed by atoms with E-state index in [1.54, 1.807) is 24.4 Å². The lowest BCUT2D eigenvalue weighted by Crippen LogP contribution is -2.45. The molecular weight excluding hydrogens is 381 g/mol. The molecule has 0 atom stereocenters. The second kappa shape index (κ2) is 9.17. The van der Waals surface area contributed by atoms with Crippen molar-refractivity contribution < 1.29 is 9.18 Å². The van der Waals surface area contributed by atoms with Crippen molar-refractivity contribution in [1.82, 2.24) is 25.0 Å². The molecule has 0 bridgehead atoms. The van der Waals surface area contributed by atoms with Gasteiger partial charge in [0, 0.05) is 38.9 Å². The van der Waals surface area contributed by atoms with Gasteiger partial charge in [0.25, 0.3) is 0 Å².